The largest absolute Gasteiger partial charge is 0.300 e. The molecule has 1 heteroatoms. The molecule has 2 bridgehead atoms. The van der Waals surface area contributed by atoms with Crippen LogP contribution in [0.4, 0.5) is 0 Å². The second-order valence-corrected chi connectivity index (χ2v) is 6.11. The quantitative estimate of drug-likeness (QED) is 0.671. The van der Waals surface area contributed by atoms with Crippen molar-refractivity contribution in [2.24, 2.45) is 23.7 Å². The van der Waals surface area contributed by atoms with Gasteiger partial charge in [0.2, 0.25) is 0 Å². The summed E-state index contributed by atoms with van der Waals surface area (Å²) in [6.45, 7) is 4.27. The van der Waals surface area contributed by atoms with Crippen molar-refractivity contribution in [1.82, 2.24) is 0 Å². The van der Waals surface area contributed by atoms with Crippen molar-refractivity contribution >= 4 is 5.78 Å². The number of ketones is 1. The van der Waals surface area contributed by atoms with Crippen LogP contribution in [0.2, 0.25) is 0 Å². The number of fused-ring (bicyclic) bond motifs is 2. The molecule has 1 nitrogen and oxygen atoms in total. The van der Waals surface area contributed by atoms with Crippen molar-refractivity contribution in [2.45, 2.75) is 58.8 Å². The van der Waals surface area contributed by atoms with Crippen LogP contribution in [0.5, 0.6) is 0 Å². The second-order valence-electron chi connectivity index (χ2n) is 6.11. The summed E-state index contributed by atoms with van der Waals surface area (Å²) < 4.78 is 0. The lowest BCUT2D eigenvalue weighted by molar-refractivity contribution is -0.120. The fourth-order valence-electron chi connectivity index (χ4n) is 3.63. The van der Waals surface area contributed by atoms with E-state index in [9.17, 15) is 4.79 Å². The highest BCUT2D eigenvalue weighted by atomic mass is 16.1. The van der Waals surface area contributed by atoms with E-state index in [1.54, 1.807) is 0 Å². The monoisotopic (exact) mass is 208 g/mol. The van der Waals surface area contributed by atoms with Crippen LogP contribution in [0, 0.1) is 23.7 Å². The number of carbonyl (C=O) groups is 1. The topological polar surface area (TPSA) is 17.1 Å². The molecule has 0 aromatic rings. The van der Waals surface area contributed by atoms with E-state index in [4.69, 9.17) is 0 Å². The van der Waals surface area contributed by atoms with E-state index in [1.165, 1.54) is 32.1 Å². The Bertz CT molecular complexity index is 231. The summed E-state index contributed by atoms with van der Waals surface area (Å²) in [6.07, 6.45) is 8.66. The molecule has 2 aliphatic rings. The van der Waals surface area contributed by atoms with Gasteiger partial charge in [0.1, 0.15) is 5.78 Å². The van der Waals surface area contributed by atoms with Gasteiger partial charge in [-0.1, -0.05) is 20.3 Å². The summed E-state index contributed by atoms with van der Waals surface area (Å²) >= 11 is 0. The Balaban J connectivity index is 1.68. The van der Waals surface area contributed by atoms with Gasteiger partial charge in [-0.05, 0) is 49.4 Å². The molecule has 3 unspecified atom stereocenters. The van der Waals surface area contributed by atoms with Gasteiger partial charge in [-0.25, -0.2) is 0 Å². The van der Waals surface area contributed by atoms with Gasteiger partial charge >= 0.3 is 0 Å². The third-order valence-corrected chi connectivity index (χ3v) is 4.31. The molecule has 2 rings (SSSR count). The summed E-state index contributed by atoms with van der Waals surface area (Å²) in [7, 11) is 0. The number of rotatable bonds is 5. The molecule has 86 valence electrons. The zero-order valence-corrected chi connectivity index (χ0v) is 10.2. The molecule has 0 amide bonds. The molecule has 3 atom stereocenters. The van der Waals surface area contributed by atoms with E-state index >= 15 is 0 Å². The molecule has 0 saturated heterocycles. The average molecular weight is 208 g/mol. The Morgan fingerprint density at radius 1 is 1.27 bits per heavy atom. The van der Waals surface area contributed by atoms with E-state index in [1.807, 2.05) is 0 Å². The van der Waals surface area contributed by atoms with Crippen LogP contribution in [0.25, 0.3) is 0 Å². The molecule has 2 aliphatic carbocycles. The van der Waals surface area contributed by atoms with Crippen molar-refractivity contribution in [1.29, 1.82) is 0 Å². The van der Waals surface area contributed by atoms with Gasteiger partial charge in [0.05, 0.1) is 0 Å². The lowest BCUT2D eigenvalue weighted by Gasteiger charge is -2.21. The highest BCUT2D eigenvalue weighted by molar-refractivity contribution is 5.78. The minimum Gasteiger partial charge on any atom is -0.300 e. The molecule has 0 aliphatic heterocycles. The lowest BCUT2D eigenvalue weighted by Crippen LogP contribution is -2.13. The van der Waals surface area contributed by atoms with Crippen LogP contribution >= 0.6 is 0 Å². The molecule has 0 radical (unpaired) electrons. The maximum absolute atomic E-state index is 11.6. The molecule has 15 heavy (non-hydrogen) atoms. The second kappa shape index (κ2) is 4.67. The first-order valence-electron chi connectivity index (χ1n) is 6.67. The minimum atomic E-state index is 0.493. The van der Waals surface area contributed by atoms with Crippen molar-refractivity contribution in [3.05, 3.63) is 0 Å². The van der Waals surface area contributed by atoms with Gasteiger partial charge in [-0.15, -0.1) is 0 Å². The van der Waals surface area contributed by atoms with Crippen LogP contribution < -0.4 is 0 Å². The van der Waals surface area contributed by atoms with Crippen LogP contribution in [-0.2, 0) is 4.79 Å². The first-order valence-corrected chi connectivity index (χ1v) is 6.67. The van der Waals surface area contributed by atoms with Crippen LogP contribution in [0.3, 0.4) is 0 Å². The summed E-state index contributed by atoms with van der Waals surface area (Å²) in [6, 6.07) is 0. The van der Waals surface area contributed by atoms with Crippen molar-refractivity contribution < 1.29 is 4.79 Å². The molecular formula is C14H24O. The van der Waals surface area contributed by atoms with Crippen LogP contribution in [-0.4, -0.2) is 5.78 Å². The SMILES string of the molecule is CC(C)CC(=O)CCC1CC2CCC1C2. The fourth-order valence-corrected chi connectivity index (χ4v) is 3.63. The van der Waals surface area contributed by atoms with Crippen molar-refractivity contribution in [2.75, 3.05) is 0 Å². The fraction of sp³-hybridized carbons (Fsp3) is 0.929. The third kappa shape index (κ3) is 2.83. The molecule has 0 heterocycles. The summed E-state index contributed by atoms with van der Waals surface area (Å²) in [5.74, 6) is 3.95. The predicted octanol–water partition coefficient (Wildman–Crippen LogP) is 3.82. The van der Waals surface area contributed by atoms with E-state index < -0.39 is 0 Å². The minimum absolute atomic E-state index is 0.493. The maximum atomic E-state index is 11.6. The molecule has 2 saturated carbocycles. The van der Waals surface area contributed by atoms with Gasteiger partial charge in [0, 0.05) is 12.8 Å². The van der Waals surface area contributed by atoms with E-state index in [2.05, 4.69) is 13.8 Å². The van der Waals surface area contributed by atoms with Crippen molar-refractivity contribution in [3.63, 3.8) is 0 Å². The number of hydrogen-bond acceptors (Lipinski definition) is 1. The Labute approximate surface area is 93.6 Å². The van der Waals surface area contributed by atoms with Gasteiger partial charge in [0.25, 0.3) is 0 Å². The van der Waals surface area contributed by atoms with Gasteiger partial charge in [0.15, 0.2) is 0 Å². The standard InChI is InChI=1S/C14H24O/c1-10(2)7-14(15)6-5-13-9-11-3-4-12(13)8-11/h10-13H,3-9H2,1-2H3. The maximum Gasteiger partial charge on any atom is 0.133 e. The van der Waals surface area contributed by atoms with Gasteiger partial charge in [-0.2, -0.15) is 0 Å². The van der Waals surface area contributed by atoms with Crippen molar-refractivity contribution in [3.8, 4) is 0 Å². The summed E-state index contributed by atoms with van der Waals surface area (Å²) in [5.41, 5.74) is 0. The summed E-state index contributed by atoms with van der Waals surface area (Å²) in [5, 5.41) is 0. The lowest BCUT2D eigenvalue weighted by atomic mass is 9.84. The van der Waals surface area contributed by atoms with E-state index in [-0.39, 0.29) is 0 Å². The van der Waals surface area contributed by atoms with E-state index in [0.717, 1.165) is 30.6 Å². The molecule has 2 fully saturated rings. The highest BCUT2D eigenvalue weighted by Gasteiger charge is 2.38. The predicted molar refractivity (Wildman–Crippen MR) is 62.6 cm³/mol. The Morgan fingerprint density at radius 3 is 2.60 bits per heavy atom. The molecule has 0 aromatic heterocycles. The Hall–Kier alpha value is -0.330. The molecule has 0 spiro atoms. The average Bonchev–Trinajstić information content (AvgIpc) is 2.74. The van der Waals surface area contributed by atoms with E-state index in [0.29, 0.717) is 11.7 Å². The zero-order chi connectivity index (χ0) is 10.8. The van der Waals surface area contributed by atoms with Crippen LogP contribution in [0.15, 0.2) is 0 Å². The number of carbonyl (C=O) groups excluding carboxylic acids is 1. The molecular weight excluding hydrogens is 184 g/mol. The summed E-state index contributed by atoms with van der Waals surface area (Å²) in [4.78, 5) is 11.6. The smallest absolute Gasteiger partial charge is 0.133 e. The first kappa shape index (κ1) is 11.2. The number of hydrogen-bond donors (Lipinski definition) is 0. The first-order chi connectivity index (χ1) is 7.15. The Kier molecular flexibility index (Phi) is 3.48. The van der Waals surface area contributed by atoms with Gasteiger partial charge < -0.3 is 0 Å². The third-order valence-electron chi connectivity index (χ3n) is 4.31. The Morgan fingerprint density at radius 2 is 2.07 bits per heavy atom. The van der Waals surface area contributed by atoms with Gasteiger partial charge in [-0.3, -0.25) is 4.79 Å². The zero-order valence-electron chi connectivity index (χ0n) is 10.2. The highest BCUT2D eigenvalue weighted by Crippen LogP contribution is 2.49. The molecule has 0 N–H and O–H groups in total. The normalized spacial score (nSPS) is 33.9. The molecule has 0 aromatic carbocycles. The number of Topliss-reactive ketones (excluding diaryl/α,β-unsaturated/α-hetero) is 1. The van der Waals surface area contributed by atoms with Crippen LogP contribution in [0.1, 0.15) is 58.8 Å².